The normalized spacial score (nSPS) is 12.9. The Kier molecular flexibility index (Phi) is 5.80. The standard InChI is InChI=1S/C28H24FNO4/c1-4-22-27(17-11-12-17)30-25-16-26(33-20-9-5-7-18(13-20)31-2)24(29)15-23(25)28(22)34-21-10-6-8-19(14-21)32-3/h4-10,13-17H,1,11-12H2,2-3H3. The number of rotatable bonds is 8. The summed E-state index contributed by atoms with van der Waals surface area (Å²) in [5, 5.41) is 0.539. The van der Waals surface area contributed by atoms with Crippen molar-refractivity contribution in [2.45, 2.75) is 18.8 Å². The van der Waals surface area contributed by atoms with Crippen LogP contribution in [0.15, 0.2) is 67.2 Å². The minimum absolute atomic E-state index is 0.0775. The van der Waals surface area contributed by atoms with E-state index in [0.29, 0.717) is 45.6 Å². The molecule has 5 rings (SSSR count). The van der Waals surface area contributed by atoms with Gasteiger partial charge in [-0.2, -0.15) is 0 Å². The van der Waals surface area contributed by atoms with Crippen molar-refractivity contribution in [2.24, 2.45) is 0 Å². The number of halogens is 1. The Bertz CT molecular complexity index is 1380. The Morgan fingerprint density at radius 2 is 1.50 bits per heavy atom. The highest BCUT2D eigenvalue weighted by Crippen LogP contribution is 2.47. The fourth-order valence-electron chi connectivity index (χ4n) is 3.90. The predicted molar refractivity (Wildman–Crippen MR) is 130 cm³/mol. The molecule has 1 aromatic heterocycles. The van der Waals surface area contributed by atoms with Gasteiger partial charge in [0, 0.05) is 35.1 Å². The van der Waals surface area contributed by atoms with Gasteiger partial charge in [0.2, 0.25) is 0 Å². The van der Waals surface area contributed by atoms with E-state index in [9.17, 15) is 0 Å². The van der Waals surface area contributed by atoms with Gasteiger partial charge in [0.25, 0.3) is 0 Å². The maximum absolute atomic E-state index is 15.2. The third-order valence-corrected chi connectivity index (χ3v) is 5.75. The SMILES string of the molecule is C=Cc1c(C2CC2)nc2cc(Oc3cccc(OC)c3)c(F)cc2c1Oc1cccc(OC)c1. The van der Waals surface area contributed by atoms with Crippen LogP contribution >= 0.6 is 0 Å². The molecule has 172 valence electrons. The molecule has 0 atom stereocenters. The van der Waals surface area contributed by atoms with Crippen LogP contribution in [0.4, 0.5) is 4.39 Å². The van der Waals surface area contributed by atoms with Crippen molar-refractivity contribution in [1.29, 1.82) is 0 Å². The third-order valence-electron chi connectivity index (χ3n) is 5.75. The molecule has 1 aliphatic rings. The molecule has 1 aliphatic carbocycles. The first-order valence-electron chi connectivity index (χ1n) is 11.0. The number of hydrogen-bond donors (Lipinski definition) is 0. The Balaban J connectivity index is 1.63. The van der Waals surface area contributed by atoms with Crippen LogP contribution in [0.3, 0.4) is 0 Å². The number of hydrogen-bond acceptors (Lipinski definition) is 5. The summed E-state index contributed by atoms with van der Waals surface area (Å²) >= 11 is 0. The van der Waals surface area contributed by atoms with Crippen LogP contribution in [-0.4, -0.2) is 19.2 Å². The van der Waals surface area contributed by atoms with Crippen LogP contribution in [0, 0.1) is 5.82 Å². The Morgan fingerprint density at radius 3 is 2.09 bits per heavy atom. The third kappa shape index (κ3) is 4.27. The lowest BCUT2D eigenvalue weighted by molar-refractivity contribution is 0.405. The molecule has 1 heterocycles. The molecule has 0 bridgehead atoms. The summed E-state index contributed by atoms with van der Waals surface area (Å²) in [5.74, 6) is 2.73. The number of nitrogens with zero attached hydrogens (tertiary/aromatic N) is 1. The number of aromatic nitrogens is 1. The number of fused-ring (bicyclic) bond motifs is 1. The van der Waals surface area contributed by atoms with Crippen LogP contribution in [-0.2, 0) is 0 Å². The van der Waals surface area contributed by atoms with E-state index in [1.54, 1.807) is 56.7 Å². The molecule has 34 heavy (non-hydrogen) atoms. The summed E-state index contributed by atoms with van der Waals surface area (Å²) in [7, 11) is 3.17. The first kappa shape index (κ1) is 21.8. The molecule has 6 heteroatoms. The van der Waals surface area contributed by atoms with Crippen molar-refractivity contribution in [1.82, 2.24) is 4.98 Å². The summed E-state index contributed by atoms with van der Waals surface area (Å²) in [6, 6.07) is 17.3. The summed E-state index contributed by atoms with van der Waals surface area (Å²) in [5.41, 5.74) is 2.27. The summed E-state index contributed by atoms with van der Waals surface area (Å²) in [6.45, 7) is 3.98. The van der Waals surface area contributed by atoms with Crippen LogP contribution < -0.4 is 18.9 Å². The van der Waals surface area contributed by atoms with Gasteiger partial charge in [-0.05, 0) is 43.2 Å². The van der Waals surface area contributed by atoms with E-state index in [1.165, 1.54) is 6.07 Å². The van der Waals surface area contributed by atoms with Crippen molar-refractivity contribution in [3.05, 3.63) is 84.3 Å². The van der Waals surface area contributed by atoms with Crippen LogP contribution in [0.5, 0.6) is 34.5 Å². The zero-order valence-electron chi connectivity index (χ0n) is 19.0. The molecule has 3 aromatic carbocycles. The van der Waals surface area contributed by atoms with Crippen molar-refractivity contribution < 1.29 is 23.3 Å². The first-order valence-corrected chi connectivity index (χ1v) is 11.0. The van der Waals surface area contributed by atoms with Gasteiger partial charge in [-0.15, -0.1) is 0 Å². The molecular weight excluding hydrogens is 433 g/mol. The summed E-state index contributed by atoms with van der Waals surface area (Å²) in [4.78, 5) is 4.87. The molecule has 0 unspecified atom stereocenters. The second-order valence-corrected chi connectivity index (χ2v) is 8.08. The monoisotopic (exact) mass is 457 g/mol. The van der Waals surface area contributed by atoms with Crippen LogP contribution in [0.25, 0.3) is 17.0 Å². The van der Waals surface area contributed by atoms with Gasteiger partial charge in [-0.3, -0.25) is 4.98 Å². The molecule has 0 spiro atoms. The minimum atomic E-state index is -0.526. The summed E-state index contributed by atoms with van der Waals surface area (Å²) < 4.78 is 38.0. The van der Waals surface area contributed by atoms with Crippen molar-refractivity contribution in [3.8, 4) is 34.5 Å². The van der Waals surface area contributed by atoms with Crippen molar-refractivity contribution in [2.75, 3.05) is 14.2 Å². The number of pyridine rings is 1. The van der Waals surface area contributed by atoms with Gasteiger partial charge in [0.15, 0.2) is 11.6 Å². The number of benzene rings is 3. The highest BCUT2D eigenvalue weighted by atomic mass is 19.1. The molecule has 0 N–H and O–H groups in total. The largest absolute Gasteiger partial charge is 0.497 e. The van der Waals surface area contributed by atoms with E-state index in [0.717, 1.165) is 24.1 Å². The lowest BCUT2D eigenvalue weighted by atomic mass is 10.0. The average Bonchev–Trinajstić information content (AvgIpc) is 3.70. The Morgan fingerprint density at radius 1 is 0.882 bits per heavy atom. The van der Waals surface area contributed by atoms with Crippen LogP contribution in [0.1, 0.15) is 30.0 Å². The fourth-order valence-corrected chi connectivity index (χ4v) is 3.90. The second kappa shape index (κ2) is 9.06. The fraction of sp³-hybridized carbons (Fsp3) is 0.179. The minimum Gasteiger partial charge on any atom is -0.497 e. The van der Waals surface area contributed by atoms with E-state index in [4.69, 9.17) is 23.9 Å². The topological polar surface area (TPSA) is 49.8 Å². The molecular formula is C28H24FNO4. The lowest BCUT2D eigenvalue weighted by Gasteiger charge is -2.17. The van der Waals surface area contributed by atoms with Gasteiger partial charge in [0.05, 0.1) is 25.4 Å². The highest BCUT2D eigenvalue weighted by Gasteiger charge is 2.30. The average molecular weight is 458 g/mol. The highest BCUT2D eigenvalue weighted by molar-refractivity contribution is 5.91. The van der Waals surface area contributed by atoms with Crippen molar-refractivity contribution in [3.63, 3.8) is 0 Å². The molecule has 0 amide bonds. The van der Waals surface area contributed by atoms with E-state index >= 15 is 4.39 Å². The number of ether oxygens (including phenoxy) is 4. The molecule has 5 nitrogen and oxygen atoms in total. The lowest BCUT2D eigenvalue weighted by Crippen LogP contribution is -2.00. The van der Waals surface area contributed by atoms with Gasteiger partial charge in [-0.1, -0.05) is 24.8 Å². The predicted octanol–water partition coefficient (Wildman–Crippen LogP) is 7.50. The Hall–Kier alpha value is -4.06. The van der Waals surface area contributed by atoms with E-state index in [2.05, 4.69) is 6.58 Å². The molecule has 0 saturated heterocycles. The molecule has 0 radical (unpaired) electrons. The summed E-state index contributed by atoms with van der Waals surface area (Å²) in [6.07, 6.45) is 3.83. The first-order chi connectivity index (χ1) is 16.6. The van der Waals surface area contributed by atoms with E-state index in [-0.39, 0.29) is 5.75 Å². The maximum Gasteiger partial charge on any atom is 0.166 e. The van der Waals surface area contributed by atoms with Gasteiger partial charge in [0.1, 0.15) is 28.7 Å². The van der Waals surface area contributed by atoms with Crippen molar-refractivity contribution >= 4 is 17.0 Å². The quantitative estimate of drug-likeness (QED) is 0.274. The van der Waals surface area contributed by atoms with Gasteiger partial charge < -0.3 is 18.9 Å². The van der Waals surface area contributed by atoms with Crippen LogP contribution in [0.2, 0.25) is 0 Å². The number of methoxy groups -OCH3 is 2. The van der Waals surface area contributed by atoms with E-state index in [1.807, 2.05) is 18.2 Å². The van der Waals surface area contributed by atoms with E-state index < -0.39 is 5.82 Å². The second-order valence-electron chi connectivity index (χ2n) is 8.08. The smallest absolute Gasteiger partial charge is 0.166 e. The molecule has 0 aliphatic heterocycles. The Labute approximate surface area is 197 Å². The molecule has 1 saturated carbocycles. The maximum atomic E-state index is 15.2. The zero-order chi connectivity index (χ0) is 23.7. The van der Waals surface area contributed by atoms with Gasteiger partial charge >= 0.3 is 0 Å². The zero-order valence-corrected chi connectivity index (χ0v) is 19.0. The molecule has 4 aromatic rings. The molecule has 1 fully saturated rings. The van der Waals surface area contributed by atoms with Gasteiger partial charge in [-0.25, -0.2) is 4.39 Å².